The van der Waals surface area contributed by atoms with Crippen LogP contribution >= 0.6 is 0 Å². The first-order valence-electron chi connectivity index (χ1n) is 21.7. The predicted molar refractivity (Wildman–Crippen MR) is 237 cm³/mol. The smallest absolute Gasteiger partial charge is 0.412 e. The Hall–Kier alpha value is -6.00. The molecule has 1 aliphatic heterocycles. The van der Waals surface area contributed by atoms with Crippen LogP contribution in [-0.2, 0) is 16.1 Å². The number of rotatable bonds is 18. The van der Waals surface area contributed by atoms with Crippen molar-refractivity contribution in [3.8, 4) is 17.6 Å². The van der Waals surface area contributed by atoms with Gasteiger partial charge >= 0.3 is 6.09 Å². The first-order chi connectivity index (χ1) is 30.3. The molecular formula is C50H56N4O8. The average molecular weight is 841 g/mol. The van der Waals surface area contributed by atoms with Gasteiger partial charge in [0.15, 0.2) is 0 Å². The van der Waals surface area contributed by atoms with Gasteiger partial charge in [0, 0.05) is 49.8 Å². The third-order valence-corrected chi connectivity index (χ3v) is 12.5. The minimum atomic E-state index is -1.51. The largest absolute Gasteiger partial charge is 0.459 e. The van der Waals surface area contributed by atoms with Crippen LogP contribution in [0.2, 0.25) is 0 Å². The number of benzene rings is 4. The Morgan fingerprint density at radius 3 is 2.50 bits per heavy atom. The summed E-state index contributed by atoms with van der Waals surface area (Å²) >= 11 is 0. The van der Waals surface area contributed by atoms with Crippen LogP contribution in [0.25, 0.3) is 10.8 Å². The number of carbonyl (C=O) groups excluding carboxylic acids is 2. The Morgan fingerprint density at radius 2 is 1.77 bits per heavy atom. The van der Waals surface area contributed by atoms with E-state index < -0.39 is 23.8 Å². The molecule has 1 saturated carbocycles. The number of hydrogen-bond donors (Lipinski definition) is 3. The molecule has 3 aliphatic rings. The van der Waals surface area contributed by atoms with Crippen LogP contribution in [-0.4, -0.2) is 78.1 Å². The van der Waals surface area contributed by atoms with Crippen LogP contribution < -0.4 is 14.8 Å². The number of nitriles is 1. The number of unbranched alkanes of at least 4 members (excludes halogenated alkanes) is 2. The number of aliphatic hydroxyl groups excluding tert-OH is 2. The van der Waals surface area contributed by atoms with Crippen LogP contribution in [0.4, 0.5) is 4.79 Å². The summed E-state index contributed by atoms with van der Waals surface area (Å²) in [6.07, 6.45) is 7.94. The Balaban J connectivity index is 1.49. The monoisotopic (exact) mass is 840 g/mol. The minimum absolute atomic E-state index is 0.0219. The summed E-state index contributed by atoms with van der Waals surface area (Å²) in [6, 6.07) is 27.6. The van der Waals surface area contributed by atoms with Gasteiger partial charge in [0.25, 0.3) is 5.91 Å². The Kier molecular flexibility index (Phi) is 14.4. The van der Waals surface area contributed by atoms with Crippen molar-refractivity contribution in [3.05, 3.63) is 131 Å². The van der Waals surface area contributed by atoms with Crippen molar-refractivity contribution in [2.75, 3.05) is 33.5 Å². The van der Waals surface area contributed by atoms with Gasteiger partial charge < -0.3 is 39.5 Å². The molecule has 4 aromatic carbocycles. The second kappa shape index (κ2) is 20.2. The number of ether oxygens (including phenoxy) is 3. The molecule has 0 saturated heterocycles. The zero-order chi connectivity index (χ0) is 43.6. The fourth-order valence-corrected chi connectivity index (χ4v) is 9.90. The number of nitrogens with zero attached hydrogens (tertiary/aromatic N) is 3. The van der Waals surface area contributed by atoms with E-state index in [1.54, 1.807) is 36.4 Å². The molecule has 1 fully saturated rings. The quantitative estimate of drug-likeness (QED) is 0.0507. The number of hydrogen-bond acceptors (Lipinski definition) is 10. The molecule has 0 aromatic heterocycles. The SMILES string of the molecule is C=CCOC12Oc3ccc(OC(=O)NCC)cc3C3C(CCCCO)C(CCCCO)C=C(C(=NOC)CC1N(Cc1cccc4ccccc14)C(=O)c1ccc(C#N)cc1)C32. The molecule has 4 aromatic rings. The van der Waals surface area contributed by atoms with Gasteiger partial charge in [-0.05, 0) is 109 Å². The van der Waals surface area contributed by atoms with Crippen molar-refractivity contribution in [2.24, 2.45) is 22.9 Å². The highest BCUT2D eigenvalue weighted by Crippen LogP contribution is 2.62. The first kappa shape index (κ1) is 44.1. The summed E-state index contributed by atoms with van der Waals surface area (Å²) < 4.78 is 20.3. The van der Waals surface area contributed by atoms with Crippen LogP contribution in [0, 0.1) is 29.1 Å². The van der Waals surface area contributed by atoms with Gasteiger partial charge in [-0.3, -0.25) is 4.79 Å². The van der Waals surface area contributed by atoms with E-state index in [0.29, 0.717) is 47.7 Å². The second-order valence-electron chi connectivity index (χ2n) is 16.1. The van der Waals surface area contributed by atoms with Crippen molar-refractivity contribution in [2.45, 2.75) is 76.2 Å². The van der Waals surface area contributed by atoms with Crippen molar-refractivity contribution < 1.29 is 38.9 Å². The van der Waals surface area contributed by atoms with E-state index >= 15 is 4.79 Å². The summed E-state index contributed by atoms with van der Waals surface area (Å²) in [5.41, 5.74) is 4.13. The van der Waals surface area contributed by atoms with Crippen LogP contribution in [0.3, 0.4) is 0 Å². The van der Waals surface area contributed by atoms with E-state index in [0.717, 1.165) is 53.2 Å². The summed E-state index contributed by atoms with van der Waals surface area (Å²) in [4.78, 5) is 35.6. The number of fused-ring (bicyclic) bond motifs is 3. The lowest BCUT2D eigenvalue weighted by molar-refractivity contribution is -0.255. The topological polar surface area (TPSA) is 163 Å². The third kappa shape index (κ3) is 8.98. The lowest BCUT2D eigenvalue weighted by Gasteiger charge is -2.60. The van der Waals surface area contributed by atoms with Gasteiger partial charge in [0.1, 0.15) is 24.7 Å². The molecule has 12 heteroatoms. The molecular weight excluding hydrogens is 785 g/mol. The lowest BCUT2D eigenvalue weighted by atomic mass is 9.55. The summed E-state index contributed by atoms with van der Waals surface area (Å²) in [6.45, 7) is 6.68. The van der Waals surface area contributed by atoms with E-state index in [-0.39, 0.29) is 56.4 Å². The minimum Gasteiger partial charge on any atom is -0.459 e. The molecule has 62 heavy (non-hydrogen) atoms. The van der Waals surface area contributed by atoms with Crippen LogP contribution in [0.5, 0.6) is 11.5 Å². The van der Waals surface area contributed by atoms with Gasteiger partial charge in [0.2, 0.25) is 5.79 Å². The second-order valence-corrected chi connectivity index (χ2v) is 16.1. The highest BCUT2D eigenvalue weighted by atomic mass is 16.7. The molecule has 0 spiro atoms. The highest BCUT2D eigenvalue weighted by molar-refractivity contribution is 6.03. The molecule has 2 aliphatic carbocycles. The molecule has 3 N–H and O–H groups in total. The fourth-order valence-electron chi connectivity index (χ4n) is 9.90. The van der Waals surface area contributed by atoms with E-state index in [1.807, 2.05) is 60.4 Å². The first-order valence-corrected chi connectivity index (χ1v) is 21.7. The van der Waals surface area contributed by atoms with Crippen molar-refractivity contribution in [3.63, 3.8) is 0 Å². The van der Waals surface area contributed by atoms with E-state index in [1.165, 1.54) is 7.11 Å². The van der Waals surface area contributed by atoms with Crippen molar-refractivity contribution in [1.29, 1.82) is 5.26 Å². The van der Waals surface area contributed by atoms with Gasteiger partial charge in [-0.25, -0.2) is 4.79 Å². The molecule has 1 heterocycles. The molecule has 0 radical (unpaired) electrons. The maximum Gasteiger partial charge on any atom is 0.412 e. The zero-order valence-corrected chi connectivity index (χ0v) is 35.5. The maximum atomic E-state index is 15.4. The number of nitrogens with one attached hydrogen (secondary N) is 1. The van der Waals surface area contributed by atoms with Gasteiger partial charge in [-0.2, -0.15) is 5.26 Å². The van der Waals surface area contributed by atoms with Crippen LogP contribution in [0.15, 0.2) is 114 Å². The predicted octanol–water partition coefficient (Wildman–Crippen LogP) is 8.43. The number of carbonyl (C=O) groups is 2. The molecule has 6 atom stereocenters. The Morgan fingerprint density at radius 1 is 1.02 bits per heavy atom. The number of allylic oxidation sites excluding steroid dienone is 1. The molecule has 12 nitrogen and oxygen atoms in total. The average Bonchev–Trinajstić information content (AvgIpc) is 3.29. The highest BCUT2D eigenvalue weighted by Gasteiger charge is 2.65. The van der Waals surface area contributed by atoms with Gasteiger partial charge in [-0.15, -0.1) is 6.58 Å². The Labute approximate surface area is 363 Å². The molecule has 2 amide bonds. The third-order valence-electron chi connectivity index (χ3n) is 12.5. The standard InChI is InChI=1S/C50H56N4O8/c1-4-27-60-50-45(54(48(57)35-21-19-33(31-51)20-22-35)32-37-16-12-15-34-13-6-7-17-39(34)37)30-43(53-59-3)41-28-36(14-8-10-25-55)40(18-9-11-26-56)46(47(41)50)42-29-38(23-24-44(42)62-50)61-49(58)52-5-2/h4,6-7,12-13,15-17,19-24,28-29,36,40,45-47,55-56H,1,5,8-11,14,18,25-27,30,32H2,2-3H3,(H,52,58). The van der Waals surface area contributed by atoms with Crippen molar-refractivity contribution in [1.82, 2.24) is 10.2 Å². The van der Waals surface area contributed by atoms with E-state index in [2.05, 4.69) is 30.1 Å². The van der Waals surface area contributed by atoms with Gasteiger partial charge in [0.05, 0.1) is 29.9 Å². The number of oxime groups is 1. The van der Waals surface area contributed by atoms with E-state index in [9.17, 15) is 20.3 Å². The number of amides is 2. The molecule has 0 bridgehead atoms. The van der Waals surface area contributed by atoms with Gasteiger partial charge in [-0.1, -0.05) is 72.6 Å². The van der Waals surface area contributed by atoms with E-state index in [4.69, 9.17) is 24.2 Å². The normalized spacial score (nSPS) is 22.9. The Bertz CT molecular complexity index is 2330. The summed E-state index contributed by atoms with van der Waals surface area (Å²) in [5, 5.41) is 38.9. The molecule has 324 valence electrons. The summed E-state index contributed by atoms with van der Waals surface area (Å²) in [7, 11) is 1.52. The fraction of sp³-hybridized carbons (Fsp3) is 0.400. The molecule has 6 unspecified atom stereocenters. The lowest BCUT2D eigenvalue weighted by Crippen LogP contribution is -2.70. The summed E-state index contributed by atoms with van der Waals surface area (Å²) in [5.74, 6) is -1.77. The zero-order valence-electron chi connectivity index (χ0n) is 35.5. The van der Waals surface area contributed by atoms with Crippen LogP contribution in [0.1, 0.15) is 84.8 Å². The molecule has 7 rings (SSSR count). The number of aliphatic hydroxyl groups is 2. The van der Waals surface area contributed by atoms with Crippen molar-refractivity contribution >= 4 is 28.5 Å². The maximum absolute atomic E-state index is 15.4.